The minimum Gasteiger partial charge on any atom is -0.314 e. The Morgan fingerprint density at radius 3 is 3.05 bits per heavy atom. The first kappa shape index (κ1) is 14.7. The number of rotatable bonds is 5. The number of nitrogens with zero attached hydrogens (tertiary/aromatic N) is 2. The van der Waals surface area contributed by atoms with Crippen LogP contribution in [-0.2, 0) is 12.8 Å². The van der Waals surface area contributed by atoms with Gasteiger partial charge < -0.3 is 5.32 Å². The molecule has 1 aliphatic rings. The molecule has 4 heteroatoms. The largest absolute Gasteiger partial charge is 0.314 e. The monoisotopic (exact) mass is 301 g/mol. The molecule has 2 aromatic heterocycles. The predicted molar refractivity (Wildman–Crippen MR) is 88.0 cm³/mol. The number of thiazole rings is 1. The van der Waals surface area contributed by atoms with Crippen molar-refractivity contribution >= 4 is 11.3 Å². The zero-order valence-corrected chi connectivity index (χ0v) is 13.6. The fourth-order valence-electron chi connectivity index (χ4n) is 2.87. The van der Waals surface area contributed by atoms with E-state index in [0.29, 0.717) is 12.0 Å². The molecule has 1 unspecified atom stereocenters. The van der Waals surface area contributed by atoms with Crippen molar-refractivity contribution in [3.05, 3.63) is 45.7 Å². The van der Waals surface area contributed by atoms with Crippen LogP contribution in [0.3, 0.4) is 0 Å². The number of pyridine rings is 1. The topological polar surface area (TPSA) is 37.8 Å². The van der Waals surface area contributed by atoms with Crippen molar-refractivity contribution in [2.45, 2.75) is 51.5 Å². The first-order valence-electron chi connectivity index (χ1n) is 7.84. The van der Waals surface area contributed by atoms with Gasteiger partial charge in [-0.1, -0.05) is 19.9 Å². The average Bonchev–Trinajstić information content (AvgIpc) is 2.89. The lowest BCUT2D eigenvalue weighted by atomic mass is 9.91. The van der Waals surface area contributed by atoms with Crippen molar-refractivity contribution < 1.29 is 0 Å². The summed E-state index contributed by atoms with van der Waals surface area (Å²) < 4.78 is 0. The minimum absolute atomic E-state index is 0.544. The second-order valence-corrected chi connectivity index (χ2v) is 7.23. The van der Waals surface area contributed by atoms with Gasteiger partial charge in [0.05, 0.1) is 10.7 Å². The fourth-order valence-corrected chi connectivity index (χ4v) is 4.08. The van der Waals surface area contributed by atoms with Crippen LogP contribution in [0, 0.1) is 0 Å². The molecule has 21 heavy (non-hydrogen) atoms. The van der Waals surface area contributed by atoms with Crippen molar-refractivity contribution in [2.24, 2.45) is 0 Å². The fraction of sp³-hybridized carbons (Fsp3) is 0.529. The summed E-state index contributed by atoms with van der Waals surface area (Å²) in [6.07, 6.45) is 6.48. The van der Waals surface area contributed by atoms with E-state index in [-0.39, 0.29) is 0 Å². The first-order chi connectivity index (χ1) is 10.2. The lowest BCUT2D eigenvalue weighted by Crippen LogP contribution is -2.29. The molecule has 0 spiro atoms. The van der Waals surface area contributed by atoms with Gasteiger partial charge in [-0.25, -0.2) is 4.98 Å². The molecular formula is C17H23N3S. The summed E-state index contributed by atoms with van der Waals surface area (Å²) in [4.78, 5) is 10.9. The van der Waals surface area contributed by atoms with Gasteiger partial charge in [0.15, 0.2) is 0 Å². The Kier molecular flexibility index (Phi) is 4.66. The van der Waals surface area contributed by atoms with Crippen molar-refractivity contribution in [1.82, 2.24) is 15.3 Å². The van der Waals surface area contributed by atoms with Gasteiger partial charge in [-0.2, -0.15) is 0 Å². The molecule has 0 fully saturated rings. The highest BCUT2D eigenvalue weighted by Gasteiger charge is 2.24. The maximum atomic E-state index is 4.94. The third-order valence-corrected chi connectivity index (χ3v) is 5.08. The Hall–Kier alpha value is -1.26. The summed E-state index contributed by atoms with van der Waals surface area (Å²) in [5.41, 5.74) is 2.46. The number of hydrogen-bond acceptors (Lipinski definition) is 4. The van der Waals surface area contributed by atoms with Crippen LogP contribution in [0.2, 0.25) is 0 Å². The molecular weight excluding hydrogens is 278 g/mol. The van der Waals surface area contributed by atoms with Gasteiger partial charge in [-0.15, -0.1) is 11.3 Å². The number of fused-ring (bicyclic) bond motifs is 1. The Morgan fingerprint density at radius 1 is 1.38 bits per heavy atom. The van der Waals surface area contributed by atoms with Gasteiger partial charge in [0.25, 0.3) is 0 Å². The van der Waals surface area contributed by atoms with Gasteiger partial charge in [0, 0.05) is 41.7 Å². The Morgan fingerprint density at radius 2 is 2.29 bits per heavy atom. The van der Waals surface area contributed by atoms with Crippen molar-refractivity contribution in [1.29, 1.82) is 0 Å². The standard InChI is InChI=1S/C17H23N3S/c1-12(2)19-11-13-6-5-8-15-17(13)20-16(21-15)10-14-7-3-4-9-18-14/h3-4,7,9,12-13,19H,5-6,8,10-11H2,1-2H3. The van der Waals surface area contributed by atoms with Crippen LogP contribution in [0.5, 0.6) is 0 Å². The Balaban J connectivity index is 1.74. The highest BCUT2D eigenvalue weighted by Crippen LogP contribution is 2.35. The Bertz CT molecular complexity index is 577. The van der Waals surface area contributed by atoms with Gasteiger partial charge in [-0.3, -0.25) is 4.98 Å². The van der Waals surface area contributed by atoms with Gasteiger partial charge in [-0.05, 0) is 31.4 Å². The molecule has 1 atom stereocenters. The third kappa shape index (κ3) is 3.69. The quantitative estimate of drug-likeness (QED) is 0.918. The van der Waals surface area contributed by atoms with E-state index in [1.165, 1.54) is 34.8 Å². The molecule has 0 saturated heterocycles. The summed E-state index contributed by atoms with van der Waals surface area (Å²) >= 11 is 1.89. The maximum Gasteiger partial charge on any atom is 0.0990 e. The summed E-state index contributed by atoms with van der Waals surface area (Å²) in [6.45, 7) is 5.46. The molecule has 1 N–H and O–H groups in total. The van der Waals surface area contributed by atoms with E-state index in [1.54, 1.807) is 0 Å². The van der Waals surface area contributed by atoms with E-state index in [0.717, 1.165) is 18.7 Å². The van der Waals surface area contributed by atoms with E-state index in [1.807, 2.05) is 29.7 Å². The van der Waals surface area contributed by atoms with E-state index >= 15 is 0 Å². The molecule has 2 aromatic rings. The summed E-state index contributed by atoms with van der Waals surface area (Å²) in [5, 5.41) is 4.79. The zero-order valence-electron chi connectivity index (χ0n) is 12.8. The lowest BCUT2D eigenvalue weighted by Gasteiger charge is -2.22. The third-order valence-electron chi connectivity index (χ3n) is 3.95. The van der Waals surface area contributed by atoms with Gasteiger partial charge in [0.2, 0.25) is 0 Å². The second-order valence-electron chi connectivity index (χ2n) is 6.07. The molecule has 0 bridgehead atoms. The van der Waals surface area contributed by atoms with Crippen LogP contribution < -0.4 is 5.32 Å². The summed E-state index contributed by atoms with van der Waals surface area (Å²) in [7, 11) is 0. The SMILES string of the molecule is CC(C)NCC1CCCc2sc(Cc3ccccn3)nc21. The van der Waals surface area contributed by atoms with Gasteiger partial charge in [0.1, 0.15) is 0 Å². The Labute approximate surface area is 130 Å². The second kappa shape index (κ2) is 6.67. The molecule has 3 nitrogen and oxygen atoms in total. The van der Waals surface area contributed by atoms with Crippen LogP contribution in [0.15, 0.2) is 24.4 Å². The lowest BCUT2D eigenvalue weighted by molar-refractivity contribution is 0.474. The van der Waals surface area contributed by atoms with E-state index in [2.05, 4.69) is 30.2 Å². The predicted octanol–water partition coefficient (Wildman–Crippen LogP) is 3.55. The number of hydrogen-bond donors (Lipinski definition) is 1. The maximum absolute atomic E-state index is 4.94. The summed E-state index contributed by atoms with van der Waals surface area (Å²) in [5.74, 6) is 0.588. The van der Waals surface area contributed by atoms with E-state index < -0.39 is 0 Å². The molecule has 112 valence electrons. The van der Waals surface area contributed by atoms with Crippen LogP contribution >= 0.6 is 11.3 Å². The molecule has 3 rings (SSSR count). The van der Waals surface area contributed by atoms with Crippen LogP contribution in [0.1, 0.15) is 53.9 Å². The molecule has 1 aliphatic carbocycles. The van der Waals surface area contributed by atoms with Crippen LogP contribution in [-0.4, -0.2) is 22.6 Å². The number of aryl methyl sites for hydroxylation is 1. The zero-order chi connectivity index (χ0) is 14.7. The number of nitrogens with one attached hydrogen (secondary N) is 1. The molecule has 0 amide bonds. The van der Waals surface area contributed by atoms with Crippen LogP contribution in [0.4, 0.5) is 0 Å². The molecule has 2 heterocycles. The number of aromatic nitrogens is 2. The highest BCUT2D eigenvalue weighted by molar-refractivity contribution is 7.11. The average molecular weight is 301 g/mol. The van der Waals surface area contributed by atoms with Crippen molar-refractivity contribution in [3.8, 4) is 0 Å². The van der Waals surface area contributed by atoms with Gasteiger partial charge >= 0.3 is 0 Å². The van der Waals surface area contributed by atoms with Crippen LogP contribution in [0.25, 0.3) is 0 Å². The molecule has 0 saturated carbocycles. The molecule has 0 radical (unpaired) electrons. The first-order valence-corrected chi connectivity index (χ1v) is 8.66. The smallest absolute Gasteiger partial charge is 0.0990 e. The molecule has 0 aliphatic heterocycles. The van der Waals surface area contributed by atoms with Crippen molar-refractivity contribution in [3.63, 3.8) is 0 Å². The normalized spacial score (nSPS) is 18.0. The van der Waals surface area contributed by atoms with E-state index in [9.17, 15) is 0 Å². The minimum atomic E-state index is 0.544. The summed E-state index contributed by atoms with van der Waals surface area (Å²) in [6, 6.07) is 6.63. The highest BCUT2D eigenvalue weighted by atomic mass is 32.1. The van der Waals surface area contributed by atoms with E-state index in [4.69, 9.17) is 4.98 Å². The van der Waals surface area contributed by atoms with Crippen molar-refractivity contribution in [2.75, 3.05) is 6.54 Å². The molecule has 0 aromatic carbocycles.